The Morgan fingerprint density at radius 3 is 2.71 bits per heavy atom. The van der Waals surface area contributed by atoms with Crippen molar-refractivity contribution in [2.24, 2.45) is 0 Å². The lowest BCUT2D eigenvalue weighted by Gasteiger charge is -2.13. The summed E-state index contributed by atoms with van der Waals surface area (Å²) in [6.07, 6.45) is 3.11. The van der Waals surface area contributed by atoms with Crippen LogP contribution in [0.25, 0.3) is 0 Å². The number of rotatable bonds is 9. The average molecular weight is 423 g/mol. The molecular formula is C19H26N4O3S2. The molecule has 152 valence electrons. The van der Waals surface area contributed by atoms with Crippen LogP contribution in [0.15, 0.2) is 11.2 Å². The Kier molecular flexibility index (Phi) is 6.77. The van der Waals surface area contributed by atoms with Crippen molar-refractivity contribution in [3.63, 3.8) is 0 Å². The van der Waals surface area contributed by atoms with Crippen molar-refractivity contribution in [1.29, 1.82) is 0 Å². The highest BCUT2D eigenvalue weighted by atomic mass is 32.2. The number of esters is 1. The Hall–Kier alpha value is -1.87. The van der Waals surface area contributed by atoms with E-state index in [4.69, 9.17) is 4.74 Å². The maximum Gasteiger partial charge on any atom is 0.341 e. The molecule has 0 unspecified atom stereocenters. The van der Waals surface area contributed by atoms with Gasteiger partial charge in [-0.3, -0.25) is 4.79 Å². The predicted molar refractivity (Wildman–Crippen MR) is 111 cm³/mol. The topological polar surface area (TPSA) is 86.1 Å². The van der Waals surface area contributed by atoms with Crippen LogP contribution in [0, 0.1) is 0 Å². The molecule has 1 saturated carbocycles. The van der Waals surface area contributed by atoms with Crippen LogP contribution in [0.1, 0.15) is 73.6 Å². The van der Waals surface area contributed by atoms with Gasteiger partial charge in [-0.05, 0) is 46.1 Å². The molecule has 1 aliphatic carbocycles. The van der Waals surface area contributed by atoms with Crippen LogP contribution >= 0.6 is 23.1 Å². The Bertz CT molecular complexity index is 855. The van der Waals surface area contributed by atoms with Crippen molar-refractivity contribution < 1.29 is 14.3 Å². The second-order valence-electron chi connectivity index (χ2n) is 6.95. The van der Waals surface area contributed by atoms with E-state index in [9.17, 15) is 9.59 Å². The molecule has 0 radical (unpaired) electrons. The SMILES string of the molecule is CCOC(=O)c1cc(CC)sc1NC(=O)CSc1nnc(C2CC2)n1C(C)C. The van der Waals surface area contributed by atoms with E-state index in [-0.39, 0.29) is 17.7 Å². The fourth-order valence-corrected chi connectivity index (χ4v) is 4.73. The van der Waals surface area contributed by atoms with Gasteiger partial charge in [0.15, 0.2) is 5.16 Å². The Labute approximate surface area is 173 Å². The Morgan fingerprint density at radius 1 is 1.36 bits per heavy atom. The van der Waals surface area contributed by atoms with Crippen molar-refractivity contribution in [2.45, 2.75) is 64.1 Å². The number of ether oxygens (including phenoxy) is 1. The number of hydrogen-bond acceptors (Lipinski definition) is 7. The monoisotopic (exact) mass is 422 g/mol. The molecule has 2 heterocycles. The van der Waals surface area contributed by atoms with Crippen molar-refractivity contribution in [2.75, 3.05) is 17.7 Å². The minimum absolute atomic E-state index is 0.175. The molecule has 1 fully saturated rings. The molecular weight excluding hydrogens is 396 g/mol. The number of carbonyl (C=O) groups excluding carboxylic acids is 2. The molecule has 1 amide bonds. The average Bonchev–Trinajstić information content (AvgIpc) is 3.28. The molecule has 28 heavy (non-hydrogen) atoms. The molecule has 2 aromatic rings. The first-order chi connectivity index (χ1) is 13.4. The molecule has 0 atom stereocenters. The summed E-state index contributed by atoms with van der Waals surface area (Å²) in [6, 6.07) is 2.04. The molecule has 1 N–H and O–H groups in total. The normalized spacial score (nSPS) is 13.8. The Morgan fingerprint density at radius 2 is 2.11 bits per heavy atom. The summed E-state index contributed by atoms with van der Waals surface area (Å²) in [5.41, 5.74) is 0.420. The van der Waals surface area contributed by atoms with Gasteiger partial charge in [-0.15, -0.1) is 21.5 Å². The molecule has 0 saturated heterocycles. The van der Waals surface area contributed by atoms with Gasteiger partial charge in [-0.1, -0.05) is 18.7 Å². The number of nitrogens with zero attached hydrogens (tertiary/aromatic N) is 3. The predicted octanol–water partition coefficient (Wildman–Crippen LogP) is 4.27. The number of thioether (sulfide) groups is 1. The number of amides is 1. The van der Waals surface area contributed by atoms with E-state index in [0.717, 1.165) is 35.1 Å². The van der Waals surface area contributed by atoms with E-state index in [1.165, 1.54) is 23.1 Å². The zero-order valence-electron chi connectivity index (χ0n) is 16.7. The summed E-state index contributed by atoms with van der Waals surface area (Å²) in [5, 5.41) is 12.8. The van der Waals surface area contributed by atoms with Crippen LogP contribution < -0.4 is 5.32 Å². The third-order valence-corrected chi connectivity index (χ3v) is 6.50. The van der Waals surface area contributed by atoms with Crippen LogP contribution in [0.3, 0.4) is 0 Å². The second-order valence-corrected chi connectivity index (χ2v) is 9.02. The van der Waals surface area contributed by atoms with Crippen LogP contribution in [0.4, 0.5) is 5.00 Å². The van der Waals surface area contributed by atoms with Crippen LogP contribution in [-0.2, 0) is 16.0 Å². The highest BCUT2D eigenvalue weighted by Gasteiger charge is 2.31. The third-order valence-electron chi connectivity index (χ3n) is 4.36. The molecule has 1 aliphatic rings. The smallest absolute Gasteiger partial charge is 0.341 e. The lowest BCUT2D eigenvalue weighted by molar-refractivity contribution is -0.113. The van der Waals surface area contributed by atoms with Crippen molar-refractivity contribution in [3.8, 4) is 0 Å². The van der Waals surface area contributed by atoms with E-state index in [1.54, 1.807) is 13.0 Å². The van der Waals surface area contributed by atoms with Crippen molar-refractivity contribution in [1.82, 2.24) is 14.8 Å². The first kappa shape index (κ1) is 20.9. The highest BCUT2D eigenvalue weighted by Crippen LogP contribution is 2.41. The van der Waals surface area contributed by atoms with Gasteiger partial charge in [0.25, 0.3) is 0 Å². The van der Waals surface area contributed by atoms with E-state index in [0.29, 0.717) is 23.1 Å². The molecule has 0 aromatic carbocycles. The fourth-order valence-electron chi connectivity index (χ4n) is 2.85. The maximum absolute atomic E-state index is 12.5. The molecule has 7 nitrogen and oxygen atoms in total. The van der Waals surface area contributed by atoms with Crippen LogP contribution in [0.5, 0.6) is 0 Å². The molecule has 0 spiro atoms. The summed E-state index contributed by atoms with van der Waals surface area (Å²) in [5.74, 6) is 1.15. The summed E-state index contributed by atoms with van der Waals surface area (Å²) in [7, 11) is 0. The minimum atomic E-state index is -0.407. The van der Waals surface area contributed by atoms with Gasteiger partial charge >= 0.3 is 5.97 Å². The van der Waals surface area contributed by atoms with Gasteiger partial charge in [0.05, 0.1) is 17.9 Å². The molecule has 0 aliphatic heterocycles. The van der Waals surface area contributed by atoms with Crippen LogP contribution in [-0.4, -0.2) is 39.0 Å². The van der Waals surface area contributed by atoms with Gasteiger partial charge < -0.3 is 14.6 Å². The number of thiophene rings is 1. The summed E-state index contributed by atoms with van der Waals surface area (Å²) in [6.45, 7) is 8.28. The van der Waals surface area contributed by atoms with E-state index in [2.05, 4.69) is 33.9 Å². The first-order valence-corrected chi connectivity index (χ1v) is 11.4. The highest BCUT2D eigenvalue weighted by molar-refractivity contribution is 7.99. The molecule has 2 aromatic heterocycles. The zero-order chi connectivity index (χ0) is 20.3. The maximum atomic E-state index is 12.5. The number of hydrogen-bond donors (Lipinski definition) is 1. The molecule has 3 rings (SSSR count). The first-order valence-electron chi connectivity index (χ1n) is 9.61. The van der Waals surface area contributed by atoms with E-state index in [1.807, 2.05) is 6.92 Å². The summed E-state index contributed by atoms with van der Waals surface area (Å²) in [4.78, 5) is 25.7. The number of aryl methyl sites for hydroxylation is 1. The van der Waals surface area contributed by atoms with E-state index >= 15 is 0 Å². The molecule has 9 heteroatoms. The summed E-state index contributed by atoms with van der Waals surface area (Å²) < 4.78 is 7.23. The van der Waals surface area contributed by atoms with Crippen LogP contribution in [0.2, 0.25) is 0 Å². The second kappa shape index (κ2) is 9.09. The number of aromatic nitrogens is 3. The van der Waals surface area contributed by atoms with Gasteiger partial charge in [0.2, 0.25) is 5.91 Å². The number of carbonyl (C=O) groups is 2. The lowest BCUT2D eigenvalue weighted by atomic mass is 10.2. The van der Waals surface area contributed by atoms with E-state index < -0.39 is 5.97 Å². The lowest BCUT2D eigenvalue weighted by Crippen LogP contribution is -2.16. The van der Waals surface area contributed by atoms with Gasteiger partial charge in [0.1, 0.15) is 10.8 Å². The quantitative estimate of drug-likeness (QED) is 0.480. The fraction of sp³-hybridized carbons (Fsp3) is 0.579. The summed E-state index contributed by atoms with van der Waals surface area (Å²) >= 11 is 2.78. The van der Waals surface area contributed by atoms with Gasteiger partial charge in [0, 0.05) is 16.8 Å². The zero-order valence-corrected chi connectivity index (χ0v) is 18.3. The third kappa shape index (κ3) is 4.75. The standard InChI is InChI=1S/C19H26N4O3S2/c1-5-13-9-14(18(25)26-6-2)17(28-13)20-15(24)10-27-19-22-21-16(12-7-8-12)23(19)11(3)4/h9,11-12H,5-8,10H2,1-4H3,(H,20,24). The van der Waals surface area contributed by atoms with Crippen molar-refractivity contribution >= 4 is 40.0 Å². The largest absolute Gasteiger partial charge is 0.462 e. The molecule has 0 bridgehead atoms. The van der Waals surface area contributed by atoms with Gasteiger partial charge in [-0.25, -0.2) is 4.79 Å². The van der Waals surface area contributed by atoms with Crippen molar-refractivity contribution in [3.05, 3.63) is 22.3 Å². The van der Waals surface area contributed by atoms with Gasteiger partial charge in [-0.2, -0.15) is 0 Å². The number of anilines is 1. The Balaban J connectivity index is 1.67. The minimum Gasteiger partial charge on any atom is -0.462 e. The number of nitrogens with one attached hydrogen (secondary N) is 1.